The first-order valence-corrected chi connectivity index (χ1v) is 8.25. The quantitative estimate of drug-likeness (QED) is 0.621. The van der Waals surface area contributed by atoms with Crippen LogP contribution in [-0.4, -0.2) is 28.0 Å². The molecule has 1 aromatic heterocycles. The number of nitrogens with one attached hydrogen (secondary N) is 2. The lowest BCUT2D eigenvalue weighted by molar-refractivity contribution is 0.271. The number of hydrogen-bond donors (Lipinski definition) is 2. The summed E-state index contributed by atoms with van der Waals surface area (Å²) in [5, 5.41) is 12.0. The molecule has 1 aromatic carbocycles. The first kappa shape index (κ1) is 18.6. The predicted molar refractivity (Wildman–Crippen MR) is 99.3 cm³/mol. The van der Waals surface area contributed by atoms with Crippen molar-refractivity contribution in [2.45, 2.75) is 40.0 Å². The number of hydrazone groups is 1. The standard InChI is InChI=1S/C18H25N5O2/c1-12(2)11-25-14-8-6-13(7-9-14)10-19-22-17-20-16(24)15(21-23-17)18(3,4)5/h6-10,12H,11H2,1-5H3,(H2,20,22,23,24)/b19-10+. The van der Waals surface area contributed by atoms with Crippen molar-refractivity contribution in [2.24, 2.45) is 11.0 Å². The number of nitrogens with zero attached hydrogens (tertiary/aromatic N) is 3. The Balaban J connectivity index is 1.97. The van der Waals surface area contributed by atoms with E-state index in [4.69, 9.17) is 4.74 Å². The van der Waals surface area contributed by atoms with Crippen LogP contribution in [0, 0.1) is 5.92 Å². The summed E-state index contributed by atoms with van der Waals surface area (Å²) in [5.74, 6) is 1.51. The summed E-state index contributed by atoms with van der Waals surface area (Å²) < 4.78 is 5.63. The molecule has 0 fully saturated rings. The van der Waals surface area contributed by atoms with Gasteiger partial charge in [-0.2, -0.15) is 5.10 Å². The van der Waals surface area contributed by atoms with Crippen molar-refractivity contribution >= 4 is 12.2 Å². The Morgan fingerprint density at radius 3 is 2.48 bits per heavy atom. The maximum absolute atomic E-state index is 12.0. The average molecular weight is 343 g/mol. The summed E-state index contributed by atoms with van der Waals surface area (Å²) in [6.45, 7) is 10.6. The van der Waals surface area contributed by atoms with Crippen LogP contribution in [0.25, 0.3) is 0 Å². The summed E-state index contributed by atoms with van der Waals surface area (Å²) >= 11 is 0. The third-order valence-corrected chi connectivity index (χ3v) is 3.25. The van der Waals surface area contributed by atoms with Gasteiger partial charge in [-0.05, 0) is 35.7 Å². The van der Waals surface area contributed by atoms with E-state index < -0.39 is 0 Å². The van der Waals surface area contributed by atoms with Crippen molar-refractivity contribution < 1.29 is 4.74 Å². The van der Waals surface area contributed by atoms with Crippen molar-refractivity contribution in [1.29, 1.82) is 0 Å². The van der Waals surface area contributed by atoms with Gasteiger partial charge in [0.15, 0.2) is 0 Å². The molecule has 7 nitrogen and oxygen atoms in total. The Labute approximate surface area is 147 Å². The minimum absolute atomic E-state index is 0.200. The van der Waals surface area contributed by atoms with E-state index in [1.807, 2.05) is 45.0 Å². The molecule has 0 aliphatic rings. The molecule has 1 heterocycles. The van der Waals surface area contributed by atoms with E-state index in [1.165, 1.54) is 0 Å². The van der Waals surface area contributed by atoms with E-state index in [-0.39, 0.29) is 16.9 Å². The zero-order chi connectivity index (χ0) is 18.4. The van der Waals surface area contributed by atoms with Crippen LogP contribution in [0.4, 0.5) is 5.95 Å². The maximum Gasteiger partial charge on any atom is 0.274 e. The van der Waals surface area contributed by atoms with E-state index >= 15 is 0 Å². The number of benzene rings is 1. The molecule has 0 amide bonds. The Kier molecular flexibility index (Phi) is 5.90. The highest BCUT2D eigenvalue weighted by molar-refractivity contribution is 5.80. The number of aromatic amines is 1. The molecule has 0 atom stereocenters. The fourth-order valence-electron chi connectivity index (χ4n) is 1.96. The topological polar surface area (TPSA) is 92.3 Å². The van der Waals surface area contributed by atoms with Gasteiger partial charge in [0, 0.05) is 5.41 Å². The van der Waals surface area contributed by atoms with Gasteiger partial charge in [0.1, 0.15) is 11.4 Å². The van der Waals surface area contributed by atoms with Gasteiger partial charge >= 0.3 is 0 Å². The SMILES string of the molecule is CC(C)COc1ccc(/C=N/Nc2nnc(C(C)(C)C)c(=O)[nH]2)cc1. The Morgan fingerprint density at radius 2 is 1.92 bits per heavy atom. The normalized spacial score (nSPS) is 11.9. The summed E-state index contributed by atoms with van der Waals surface area (Å²) in [6, 6.07) is 7.59. The monoisotopic (exact) mass is 343 g/mol. The van der Waals surface area contributed by atoms with Gasteiger partial charge in [-0.1, -0.05) is 34.6 Å². The Morgan fingerprint density at radius 1 is 1.24 bits per heavy atom. The molecule has 0 saturated carbocycles. The minimum Gasteiger partial charge on any atom is -0.493 e. The second-order valence-electron chi connectivity index (χ2n) is 7.25. The van der Waals surface area contributed by atoms with Crippen LogP contribution in [0.3, 0.4) is 0 Å². The number of hydrogen-bond acceptors (Lipinski definition) is 6. The van der Waals surface area contributed by atoms with E-state index in [1.54, 1.807) is 6.21 Å². The van der Waals surface area contributed by atoms with Crippen molar-refractivity contribution in [3.8, 4) is 5.75 Å². The molecule has 0 saturated heterocycles. The molecule has 0 bridgehead atoms. The van der Waals surface area contributed by atoms with Crippen LogP contribution in [0.1, 0.15) is 45.9 Å². The fraction of sp³-hybridized carbons (Fsp3) is 0.444. The third kappa shape index (κ3) is 5.70. The molecule has 25 heavy (non-hydrogen) atoms. The maximum atomic E-state index is 12.0. The van der Waals surface area contributed by atoms with Crippen molar-refractivity contribution in [2.75, 3.05) is 12.0 Å². The van der Waals surface area contributed by atoms with E-state index in [9.17, 15) is 4.79 Å². The average Bonchev–Trinajstić information content (AvgIpc) is 2.53. The van der Waals surface area contributed by atoms with E-state index in [2.05, 4.69) is 39.6 Å². The van der Waals surface area contributed by atoms with Crippen LogP contribution in [0.15, 0.2) is 34.2 Å². The molecule has 7 heteroatoms. The second-order valence-corrected chi connectivity index (χ2v) is 7.25. The Bertz CT molecular complexity index is 773. The van der Waals surface area contributed by atoms with Gasteiger partial charge < -0.3 is 4.74 Å². The van der Waals surface area contributed by atoms with Crippen LogP contribution < -0.4 is 15.7 Å². The Hall–Kier alpha value is -2.70. The molecule has 0 aliphatic carbocycles. The van der Waals surface area contributed by atoms with Crippen molar-refractivity contribution in [3.05, 3.63) is 45.9 Å². The highest BCUT2D eigenvalue weighted by atomic mass is 16.5. The largest absolute Gasteiger partial charge is 0.493 e. The van der Waals surface area contributed by atoms with Gasteiger partial charge in [0.05, 0.1) is 12.8 Å². The predicted octanol–water partition coefficient (Wildman–Crippen LogP) is 2.94. The summed E-state index contributed by atoms with van der Waals surface area (Å²) in [5.41, 5.74) is 3.33. The van der Waals surface area contributed by atoms with Gasteiger partial charge in [0.25, 0.3) is 5.56 Å². The second kappa shape index (κ2) is 7.92. The highest BCUT2D eigenvalue weighted by Gasteiger charge is 2.20. The van der Waals surface area contributed by atoms with Crippen molar-refractivity contribution in [3.63, 3.8) is 0 Å². The van der Waals surface area contributed by atoms with Gasteiger partial charge in [-0.15, -0.1) is 10.2 Å². The van der Waals surface area contributed by atoms with E-state index in [0.29, 0.717) is 18.2 Å². The van der Waals surface area contributed by atoms with Crippen LogP contribution in [0.2, 0.25) is 0 Å². The summed E-state index contributed by atoms with van der Waals surface area (Å²) in [7, 11) is 0. The number of anilines is 1. The van der Waals surface area contributed by atoms with Crippen LogP contribution in [-0.2, 0) is 5.41 Å². The molecule has 2 rings (SSSR count). The lowest BCUT2D eigenvalue weighted by Crippen LogP contribution is -2.28. The molecule has 0 aliphatic heterocycles. The zero-order valence-electron chi connectivity index (χ0n) is 15.3. The molecular formula is C18H25N5O2. The molecule has 0 radical (unpaired) electrons. The van der Waals surface area contributed by atoms with Gasteiger partial charge in [-0.3, -0.25) is 9.78 Å². The van der Waals surface area contributed by atoms with E-state index in [0.717, 1.165) is 11.3 Å². The molecule has 2 aromatic rings. The summed E-state index contributed by atoms with van der Waals surface area (Å²) in [4.78, 5) is 14.6. The molecule has 134 valence electrons. The lowest BCUT2D eigenvalue weighted by Gasteiger charge is -2.15. The zero-order valence-corrected chi connectivity index (χ0v) is 15.3. The first-order valence-electron chi connectivity index (χ1n) is 8.25. The minimum atomic E-state index is -0.359. The number of ether oxygens (including phenoxy) is 1. The van der Waals surface area contributed by atoms with Crippen molar-refractivity contribution in [1.82, 2.24) is 15.2 Å². The highest BCUT2D eigenvalue weighted by Crippen LogP contribution is 2.15. The fourth-order valence-corrected chi connectivity index (χ4v) is 1.96. The lowest BCUT2D eigenvalue weighted by atomic mass is 9.93. The molecular weight excluding hydrogens is 318 g/mol. The number of aromatic nitrogens is 3. The molecule has 0 spiro atoms. The number of H-pyrrole nitrogens is 1. The summed E-state index contributed by atoms with van der Waals surface area (Å²) in [6.07, 6.45) is 1.63. The van der Waals surface area contributed by atoms with Crippen LogP contribution >= 0.6 is 0 Å². The van der Waals surface area contributed by atoms with Crippen LogP contribution in [0.5, 0.6) is 5.75 Å². The third-order valence-electron chi connectivity index (χ3n) is 3.25. The number of rotatable bonds is 6. The first-order chi connectivity index (χ1) is 11.8. The molecule has 0 unspecified atom stereocenters. The smallest absolute Gasteiger partial charge is 0.274 e. The molecule has 2 N–H and O–H groups in total. The van der Waals surface area contributed by atoms with Gasteiger partial charge in [-0.25, -0.2) is 5.43 Å². The van der Waals surface area contributed by atoms with Gasteiger partial charge in [0.2, 0.25) is 5.95 Å².